The van der Waals surface area contributed by atoms with Gasteiger partial charge in [-0.3, -0.25) is 14.7 Å². The molecule has 0 spiro atoms. The molecule has 3 N–H and O–H groups in total. The highest BCUT2D eigenvalue weighted by atomic mass is 32.2. The minimum absolute atomic E-state index is 0.00371. The second kappa shape index (κ2) is 8.25. The number of nitrogens with one attached hydrogen (secondary N) is 2. The van der Waals surface area contributed by atoms with Gasteiger partial charge < -0.3 is 4.42 Å². The molecule has 0 aliphatic heterocycles. The molecule has 1 aromatic carbocycles. The van der Waals surface area contributed by atoms with E-state index in [1.165, 1.54) is 30.1 Å². The number of furan rings is 1. The Morgan fingerprint density at radius 2 is 1.88 bits per heavy atom. The highest BCUT2D eigenvalue weighted by Gasteiger charge is 2.27. The standard InChI is InChI=1S/C22H28N4O5S/c1-22(2,3)19-13-20(26(23-19)15-7-5-4-6-8-15)25-32(29,30)16-10-9-14-11-18(21(27)24-28)31-17(14)12-16/h9-13,15,25,28H,4-8H2,1-3H3,(H,24,27). The van der Waals surface area contributed by atoms with Crippen LogP contribution in [0.2, 0.25) is 0 Å². The number of hydroxylamine groups is 1. The van der Waals surface area contributed by atoms with E-state index in [0.717, 1.165) is 31.4 Å². The molecular formula is C22H28N4O5S. The molecule has 1 amide bonds. The molecule has 3 aromatic rings. The number of rotatable bonds is 5. The third-order valence-corrected chi connectivity index (χ3v) is 7.14. The molecule has 0 radical (unpaired) electrons. The van der Waals surface area contributed by atoms with Gasteiger partial charge >= 0.3 is 5.91 Å². The highest BCUT2D eigenvalue weighted by molar-refractivity contribution is 7.92. The molecule has 1 aliphatic rings. The van der Waals surface area contributed by atoms with E-state index in [2.05, 4.69) is 4.72 Å². The molecule has 2 aromatic heterocycles. The van der Waals surface area contributed by atoms with Crippen LogP contribution >= 0.6 is 0 Å². The van der Waals surface area contributed by atoms with E-state index in [4.69, 9.17) is 14.7 Å². The molecule has 2 heterocycles. The molecule has 9 nitrogen and oxygen atoms in total. The zero-order valence-electron chi connectivity index (χ0n) is 18.4. The summed E-state index contributed by atoms with van der Waals surface area (Å²) in [5.74, 6) is -0.480. The van der Waals surface area contributed by atoms with Gasteiger partial charge in [0.1, 0.15) is 11.4 Å². The first kappa shape index (κ1) is 22.3. The van der Waals surface area contributed by atoms with Gasteiger partial charge in [0.25, 0.3) is 10.0 Å². The van der Waals surface area contributed by atoms with Crippen molar-refractivity contribution in [1.29, 1.82) is 0 Å². The molecule has 1 saturated carbocycles. The number of hydrogen-bond acceptors (Lipinski definition) is 6. The third-order valence-electron chi connectivity index (χ3n) is 5.79. The maximum atomic E-state index is 13.2. The lowest BCUT2D eigenvalue weighted by atomic mass is 9.92. The van der Waals surface area contributed by atoms with E-state index >= 15 is 0 Å². The van der Waals surface area contributed by atoms with Gasteiger partial charge in [-0.2, -0.15) is 5.10 Å². The summed E-state index contributed by atoms with van der Waals surface area (Å²) < 4.78 is 36.4. The minimum Gasteiger partial charge on any atom is -0.451 e. The van der Waals surface area contributed by atoms with E-state index in [9.17, 15) is 13.2 Å². The Balaban J connectivity index is 1.69. The predicted octanol–water partition coefficient (Wildman–Crippen LogP) is 4.35. The molecule has 1 aliphatic carbocycles. The summed E-state index contributed by atoms with van der Waals surface area (Å²) in [6.07, 6.45) is 5.31. The van der Waals surface area contributed by atoms with Crippen molar-refractivity contribution in [3.63, 3.8) is 0 Å². The Hall–Kier alpha value is -2.85. The van der Waals surface area contributed by atoms with E-state index in [1.807, 2.05) is 25.5 Å². The predicted molar refractivity (Wildman–Crippen MR) is 119 cm³/mol. The van der Waals surface area contributed by atoms with Crippen molar-refractivity contribution >= 4 is 32.7 Å². The monoisotopic (exact) mass is 460 g/mol. The second-order valence-corrected chi connectivity index (χ2v) is 10.9. The normalized spacial score (nSPS) is 15.8. The Morgan fingerprint density at radius 3 is 2.53 bits per heavy atom. The Labute approximate surface area is 186 Å². The SMILES string of the molecule is CC(C)(C)c1cc(NS(=O)(=O)c2ccc3cc(C(=O)NO)oc3c2)n(C2CCCCC2)n1. The fraction of sp³-hybridized carbons (Fsp3) is 0.455. The summed E-state index contributed by atoms with van der Waals surface area (Å²) in [7, 11) is -3.94. The van der Waals surface area contributed by atoms with Crippen molar-refractivity contribution < 1.29 is 22.8 Å². The van der Waals surface area contributed by atoms with Crippen LogP contribution in [0.4, 0.5) is 5.82 Å². The number of carbonyl (C=O) groups is 1. The van der Waals surface area contributed by atoms with E-state index < -0.39 is 15.9 Å². The maximum Gasteiger partial charge on any atom is 0.310 e. The number of benzene rings is 1. The molecule has 10 heteroatoms. The molecule has 4 rings (SSSR count). The lowest BCUT2D eigenvalue weighted by Gasteiger charge is -2.24. The van der Waals surface area contributed by atoms with E-state index in [1.54, 1.807) is 12.1 Å². The Morgan fingerprint density at radius 1 is 1.16 bits per heavy atom. The molecule has 172 valence electrons. The number of fused-ring (bicyclic) bond motifs is 1. The van der Waals surface area contributed by atoms with Crippen molar-refractivity contribution in [1.82, 2.24) is 15.3 Å². The lowest BCUT2D eigenvalue weighted by Crippen LogP contribution is -2.21. The topological polar surface area (TPSA) is 126 Å². The second-order valence-electron chi connectivity index (χ2n) is 9.26. The van der Waals surface area contributed by atoms with Crippen molar-refractivity contribution in [2.45, 2.75) is 69.2 Å². The number of carbonyl (C=O) groups excluding carboxylic acids is 1. The van der Waals surface area contributed by atoms with E-state index in [-0.39, 0.29) is 27.7 Å². The summed E-state index contributed by atoms with van der Waals surface area (Å²) in [4.78, 5) is 11.6. The van der Waals surface area contributed by atoms with Crippen LogP contribution in [0.25, 0.3) is 11.0 Å². The van der Waals surface area contributed by atoms with Crippen molar-refractivity contribution in [3.8, 4) is 0 Å². The van der Waals surface area contributed by atoms with Crippen LogP contribution in [0.15, 0.2) is 39.6 Å². The summed E-state index contributed by atoms with van der Waals surface area (Å²) in [5.41, 5.74) is 2.32. The molecule has 0 unspecified atom stereocenters. The molecule has 0 bridgehead atoms. The lowest BCUT2D eigenvalue weighted by molar-refractivity contribution is 0.0678. The van der Waals surface area contributed by atoms with E-state index in [0.29, 0.717) is 11.2 Å². The molecule has 0 saturated heterocycles. The fourth-order valence-electron chi connectivity index (χ4n) is 3.98. The van der Waals surface area contributed by atoms with Crippen molar-refractivity contribution in [2.75, 3.05) is 4.72 Å². The Bertz CT molecular complexity index is 1250. The smallest absolute Gasteiger partial charge is 0.310 e. The van der Waals surface area contributed by atoms with Crippen LogP contribution in [0.1, 0.15) is 75.2 Å². The van der Waals surface area contributed by atoms with Crippen LogP contribution in [-0.2, 0) is 15.4 Å². The van der Waals surface area contributed by atoms with Crippen LogP contribution < -0.4 is 10.2 Å². The van der Waals surface area contributed by atoms with Gasteiger partial charge in [-0.25, -0.2) is 18.6 Å². The first-order valence-electron chi connectivity index (χ1n) is 10.7. The number of anilines is 1. The summed E-state index contributed by atoms with van der Waals surface area (Å²) in [6.45, 7) is 6.14. The van der Waals surface area contributed by atoms with Gasteiger partial charge in [0.05, 0.1) is 16.6 Å². The first-order valence-corrected chi connectivity index (χ1v) is 12.2. The van der Waals surface area contributed by atoms with Gasteiger partial charge in [0.2, 0.25) is 0 Å². The quantitative estimate of drug-likeness (QED) is 0.384. The number of sulfonamides is 1. The summed E-state index contributed by atoms with van der Waals surface area (Å²) in [6, 6.07) is 7.76. The number of nitrogens with zero attached hydrogens (tertiary/aromatic N) is 2. The fourth-order valence-corrected chi connectivity index (χ4v) is 5.04. The third kappa shape index (κ3) is 4.37. The van der Waals surface area contributed by atoms with Gasteiger partial charge in [0, 0.05) is 22.9 Å². The Kier molecular flexibility index (Phi) is 5.76. The molecule has 0 atom stereocenters. The molecular weight excluding hydrogens is 432 g/mol. The number of hydrogen-bond donors (Lipinski definition) is 3. The van der Waals surface area contributed by atoms with Gasteiger partial charge in [-0.05, 0) is 31.0 Å². The average Bonchev–Trinajstić information content (AvgIpc) is 3.37. The van der Waals surface area contributed by atoms with Crippen LogP contribution in [0, 0.1) is 0 Å². The van der Waals surface area contributed by atoms with Crippen molar-refractivity contribution in [3.05, 3.63) is 41.8 Å². The number of aromatic nitrogens is 2. The molecule has 1 fully saturated rings. The van der Waals surface area contributed by atoms with Crippen LogP contribution in [-0.4, -0.2) is 29.3 Å². The molecule has 32 heavy (non-hydrogen) atoms. The largest absolute Gasteiger partial charge is 0.451 e. The maximum absolute atomic E-state index is 13.2. The first-order chi connectivity index (χ1) is 15.1. The zero-order chi connectivity index (χ0) is 23.1. The highest BCUT2D eigenvalue weighted by Crippen LogP contribution is 2.34. The van der Waals surface area contributed by atoms with Gasteiger partial charge in [-0.1, -0.05) is 40.0 Å². The summed E-state index contributed by atoms with van der Waals surface area (Å²) >= 11 is 0. The minimum atomic E-state index is -3.94. The zero-order valence-corrected chi connectivity index (χ0v) is 19.2. The summed E-state index contributed by atoms with van der Waals surface area (Å²) in [5, 5.41) is 14.1. The van der Waals surface area contributed by atoms with Crippen LogP contribution in [0.3, 0.4) is 0 Å². The average molecular weight is 461 g/mol. The van der Waals surface area contributed by atoms with Gasteiger partial charge in [-0.15, -0.1) is 0 Å². The van der Waals surface area contributed by atoms with Crippen molar-refractivity contribution in [2.24, 2.45) is 0 Å². The number of amides is 1. The van der Waals surface area contributed by atoms with Crippen LogP contribution in [0.5, 0.6) is 0 Å². The van der Waals surface area contributed by atoms with Gasteiger partial charge in [0.15, 0.2) is 5.76 Å².